The number of rotatable bonds is 5. The molecule has 0 bridgehead atoms. The monoisotopic (exact) mass is 247 g/mol. The van der Waals surface area contributed by atoms with E-state index in [-0.39, 0.29) is 11.9 Å². The molecule has 0 aliphatic carbocycles. The minimum Gasteiger partial charge on any atom is -0.336 e. The van der Waals surface area contributed by atoms with Crippen molar-refractivity contribution in [2.24, 2.45) is 7.05 Å². The number of likely N-dealkylation sites (N-methyl/N-ethyl adjacent to an activating group) is 1. The van der Waals surface area contributed by atoms with Crippen LogP contribution in [0.4, 0.5) is 4.39 Å². The molecule has 0 radical (unpaired) electrons. The number of imidazole rings is 1. The third-order valence-corrected chi connectivity index (χ3v) is 3.04. The molecule has 3 nitrogen and oxygen atoms in total. The average molecular weight is 247 g/mol. The van der Waals surface area contributed by atoms with Gasteiger partial charge in [0.25, 0.3) is 0 Å². The van der Waals surface area contributed by atoms with E-state index >= 15 is 0 Å². The van der Waals surface area contributed by atoms with Gasteiger partial charge in [-0.2, -0.15) is 0 Å². The summed E-state index contributed by atoms with van der Waals surface area (Å²) in [5, 5.41) is 3.37. The standard InChI is InChI=1S/C14H18FN3/c1-3-17-13(14-9-16-10-18(14)2)8-11-6-4-5-7-12(11)15/h4-7,9-10,13,17H,3,8H2,1-2H3. The SMILES string of the molecule is CCNC(Cc1ccccc1F)c1cncn1C. The van der Waals surface area contributed by atoms with E-state index in [9.17, 15) is 4.39 Å². The smallest absolute Gasteiger partial charge is 0.126 e. The molecule has 1 unspecified atom stereocenters. The lowest BCUT2D eigenvalue weighted by Crippen LogP contribution is -2.25. The lowest BCUT2D eigenvalue weighted by molar-refractivity contribution is 0.505. The van der Waals surface area contributed by atoms with Crippen LogP contribution in [0.25, 0.3) is 0 Å². The normalized spacial score (nSPS) is 12.6. The molecule has 4 heteroatoms. The van der Waals surface area contributed by atoms with Crippen molar-refractivity contribution in [3.05, 3.63) is 53.9 Å². The highest BCUT2D eigenvalue weighted by molar-refractivity contribution is 5.20. The molecule has 1 heterocycles. The molecule has 0 spiro atoms. The Morgan fingerprint density at radius 3 is 2.78 bits per heavy atom. The summed E-state index contributed by atoms with van der Waals surface area (Å²) in [5.74, 6) is -0.150. The zero-order chi connectivity index (χ0) is 13.0. The van der Waals surface area contributed by atoms with E-state index in [1.165, 1.54) is 6.07 Å². The molecule has 18 heavy (non-hydrogen) atoms. The summed E-state index contributed by atoms with van der Waals surface area (Å²) < 4.78 is 15.6. The van der Waals surface area contributed by atoms with Crippen LogP contribution in [-0.2, 0) is 13.5 Å². The van der Waals surface area contributed by atoms with E-state index in [1.807, 2.05) is 36.9 Å². The molecule has 2 aromatic rings. The Balaban J connectivity index is 2.22. The van der Waals surface area contributed by atoms with Crippen molar-refractivity contribution in [1.29, 1.82) is 0 Å². The maximum Gasteiger partial charge on any atom is 0.126 e. The van der Waals surface area contributed by atoms with Crippen LogP contribution in [-0.4, -0.2) is 16.1 Å². The topological polar surface area (TPSA) is 29.9 Å². The van der Waals surface area contributed by atoms with Crippen molar-refractivity contribution >= 4 is 0 Å². The quantitative estimate of drug-likeness (QED) is 0.879. The second-order valence-electron chi connectivity index (χ2n) is 4.34. The van der Waals surface area contributed by atoms with Gasteiger partial charge >= 0.3 is 0 Å². The summed E-state index contributed by atoms with van der Waals surface area (Å²) in [7, 11) is 1.95. The number of benzene rings is 1. The zero-order valence-electron chi connectivity index (χ0n) is 10.7. The fourth-order valence-electron chi connectivity index (χ4n) is 2.11. The Hall–Kier alpha value is -1.68. The second-order valence-corrected chi connectivity index (χ2v) is 4.34. The van der Waals surface area contributed by atoms with Gasteiger partial charge in [0.15, 0.2) is 0 Å². The molecule has 0 aliphatic heterocycles. The van der Waals surface area contributed by atoms with Crippen molar-refractivity contribution in [3.63, 3.8) is 0 Å². The molecule has 0 aliphatic rings. The largest absolute Gasteiger partial charge is 0.336 e. The van der Waals surface area contributed by atoms with Crippen LogP contribution < -0.4 is 5.32 Å². The Morgan fingerprint density at radius 1 is 1.39 bits per heavy atom. The minimum atomic E-state index is -0.150. The Bertz CT molecular complexity index is 507. The van der Waals surface area contributed by atoms with Gasteiger partial charge < -0.3 is 9.88 Å². The van der Waals surface area contributed by atoms with E-state index in [2.05, 4.69) is 10.3 Å². The van der Waals surface area contributed by atoms with Gasteiger partial charge in [-0.3, -0.25) is 0 Å². The molecule has 0 saturated heterocycles. The van der Waals surface area contributed by atoms with Crippen LogP contribution in [0.15, 0.2) is 36.8 Å². The van der Waals surface area contributed by atoms with E-state index < -0.39 is 0 Å². The van der Waals surface area contributed by atoms with Gasteiger partial charge in [0, 0.05) is 13.2 Å². The third kappa shape index (κ3) is 2.76. The zero-order valence-corrected chi connectivity index (χ0v) is 10.7. The highest BCUT2D eigenvalue weighted by Crippen LogP contribution is 2.19. The van der Waals surface area contributed by atoms with Gasteiger partial charge in [0.1, 0.15) is 5.82 Å². The highest BCUT2D eigenvalue weighted by Gasteiger charge is 2.16. The van der Waals surface area contributed by atoms with Crippen LogP contribution >= 0.6 is 0 Å². The van der Waals surface area contributed by atoms with Gasteiger partial charge in [0.05, 0.1) is 18.1 Å². The number of halogens is 1. The van der Waals surface area contributed by atoms with E-state index in [1.54, 1.807) is 12.4 Å². The van der Waals surface area contributed by atoms with Crippen molar-refractivity contribution in [3.8, 4) is 0 Å². The molecule has 1 aromatic carbocycles. The molecule has 1 N–H and O–H groups in total. The van der Waals surface area contributed by atoms with E-state index in [4.69, 9.17) is 0 Å². The van der Waals surface area contributed by atoms with E-state index in [0.717, 1.165) is 17.8 Å². The van der Waals surface area contributed by atoms with Crippen LogP contribution in [0.5, 0.6) is 0 Å². The maximum atomic E-state index is 13.7. The van der Waals surface area contributed by atoms with Gasteiger partial charge in [-0.15, -0.1) is 0 Å². The molecule has 1 atom stereocenters. The Morgan fingerprint density at radius 2 is 2.17 bits per heavy atom. The molecule has 1 aromatic heterocycles. The fraction of sp³-hybridized carbons (Fsp3) is 0.357. The second kappa shape index (κ2) is 5.78. The predicted octanol–water partition coefficient (Wildman–Crippen LogP) is 2.45. The summed E-state index contributed by atoms with van der Waals surface area (Å²) in [4.78, 5) is 4.12. The molecule has 96 valence electrons. The van der Waals surface area contributed by atoms with Crippen LogP contribution in [0.2, 0.25) is 0 Å². The van der Waals surface area contributed by atoms with Gasteiger partial charge in [-0.25, -0.2) is 9.37 Å². The molecule has 0 fully saturated rings. The number of aromatic nitrogens is 2. The number of hydrogen-bond acceptors (Lipinski definition) is 2. The number of hydrogen-bond donors (Lipinski definition) is 1. The van der Waals surface area contributed by atoms with Crippen molar-refractivity contribution in [2.75, 3.05) is 6.54 Å². The molecule has 0 saturated carbocycles. The lowest BCUT2D eigenvalue weighted by Gasteiger charge is -2.18. The van der Waals surface area contributed by atoms with E-state index in [0.29, 0.717) is 6.42 Å². The highest BCUT2D eigenvalue weighted by atomic mass is 19.1. The van der Waals surface area contributed by atoms with Crippen molar-refractivity contribution in [1.82, 2.24) is 14.9 Å². The van der Waals surface area contributed by atoms with Crippen LogP contribution in [0, 0.1) is 5.82 Å². The van der Waals surface area contributed by atoms with Gasteiger partial charge in [-0.05, 0) is 24.6 Å². The van der Waals surface area contributed by atoms with Gasteiger partial charge in [-0.1, -0.05) is 25.1 Å². The molecular weight excluding hydrogens is 229 g/mol. The average Bonchev–Trinajstić information content (AvgIpc) is 2.78. The first-order chi connectivity index (χ1) is 8.72. The number of nitrogens with zero attached hydrogens (tertiary/aromatic N) is 2. The lowest BCUT2D eigenvalue weighted by atomic mass is 10.0. The first-order valence-electron chi connectivity index (χ1n) is 6.15. The molecule has 2 rings (SSSR count). The number of aryl methyl sites for hydroxylation is 1. The molecular formula is C14H18FN3. The van der Waals surface area contributed by atoms with Crippen LogP contribution in [0.1, 0.15) is 24.2 Å². The Labute approximate surface area is 107 Å². The van der Waals surface area contributed by atoms with Crippen molar-refractivity contribution < 1.29 is 4.39 Å². The summed E-state index contributed by atoms with van der Waals surface area (Å²) in [6, 6.07) is 6.99. The van der Waals surface area contributed by atoms with Crippen LogP contribution in [0.3, 0.4) is 0 Å². The maximum absolute atomic E-state index is 13.7. The first-order valence-corrected chi connectivity index (χ1v) is 6.15. The predicted molar refractivity (Wildman–Crippen MR) is 69.7 cm³/mol. The third-order valence-electron chi connectivity index (χ3n) is 3.04. The summed E-state index contributed by atoms with van der Waals surface area (Å²) in [6.07, 6.45) is 4.22. The molecule has 0 amide bonds. The Kier molecular flexibility index (Phi) is 4.10. The summed E-state index contributed by atoms with van der Waals surface area (Å²) in [6.45, 7) is 2.88. The minimum absolute atomic E-state index is 0.0828. The summed E-state index contributed by atoms with van der Waals surface area (Å²) >= 11 is 0. The number of nitrogens with one attached hydrogen (secondary N) is 1. The first kappa shape index (κ1) is 12.8. The van der Waals surface area contributed by atoms with Gasteiger partial charge in [0.2, 0.25) is 0 Å². The van der Waals surface area contributed by atoms with Crippen molar-refractivity contribution in [2.45, 2.75) is 19.4 Å². The fourth-order valence-corrected chi connectivity index (χ4v) is 2.11. The summed E-state index contributed by atoms with van der Waals surface area (Å²) in [5.41, 5.74) is 1.80.